The fraction of sp³-hybridized carbons (Fsp3) is 0.421. The lowest BCUT2D eigenvalue weighted by molar-refractivity contribution is -0.133. The third kappa shape index (κ3) is 3.23. The van der Waals surface area contributed by atoms with Gasteiger partial charge in [0.2, 0.25) is 15.9 Å². The summed E-state index contributed by atoms with van der Waals surface area (Å²) in [7, 11) is -3.74. The standard InChI is InChI=1S/C19H22N4O3S/c1-12-3-4-13(2)18(7-12)27(25,26)22-10-19(24)23-14-5-6-17(23)15-9-20-11-21-16(15)8-14/h3-4,7,9,11,14,17,22H,5-6,8,10H2,1-2H3. The van der Waals surface area contributed by atoms with Crippen molar-refractivity contribution in [2.24, 2.45) is 0 Å². The number of fused-ring (bicyclic) bond motifs is 4. The maximum atomic E-state index is 12.9. The van der Waals surface area contributed by atoms with Crippen LogP contribution in [0, 0.1) is 13.8 Å². The number of nitrogens with one attached hydrogen (secondary N) is 1. The number of benzene rings is 1. The summed E-state index contributed by atoms with van der Waals surface area (Å²) < 4.78 is 27.8. The second-order valence-electron chi connectivity index (χ2n) is 7.27. The Hall–Kier alpha value is -2.32. The smallest absolute Gasteiger partial charge is 0.241 e. The van der Waals surface area contributed by atoms with Crippen molar-refractivity contribution in [1.29, 1.82) is 0 Å². The first-order valence-corrected chi connectivity index (χ1v) is 10.5. The molecule has 2 aromatic rings. The second-order valence-corrected chi connectivity index (χ2v) is 9.01. The summed E-state index contributed by atoms with van der Waals surface area (Å²) in [6, 6.07) is 5.28. The lowest BCUT2D eigenvalue weighted by Crippen LogP contribution is -2.46. The van der Waals surface area contributed by atoms with Crippen LogP contribution in [-0.4, -0.2) is 41.8 Å². The molecule has 1 fully saturated rings. The van der Waals surface area contributed by atoms with Gasteiger partial charge in [-0.15, -0.1) is 0 Å². The van der Waals surface area contributed by atoms with E-state index in [1.165, 1.54) is 6.33 Å². The van der Waals surface area contributed by atoms with Crippen LogP contribution in [0.25, 0.3) is 0 Å². The van der Waals surface area contributed by atoms with Gasteiger partial charge >= 0.3 is 0 Å². The molecule has 0 aliphatic carbocycles. The zero-order valence-corrected chi connectivity index (χ0v) is 16.2. The summed E-state index contributed by atoms with van der Waals surface area (Å²) in [5.74, 6) is -0.203. The molecule has 2 unspecified atom stereocenters. The summed E-state index contributed by atoms with van der Waals surface area (Å²) >= 11 is 0. The van der Waals surface area contributed by atoms with Crippen LogP contribution in [0.15, 0.2) is 35.6 Å². The Kier molecular flexibility index (Phi) is 4.47. The molecule has 1 aromatic carbocycles. The van der Waals surface area contributed by atoms with Gasteiger partial charge in [-0.3, -0.25) is 4.79 Å². The Balaban J connectivity index is 1.51. The molecule has 0 radical (unpaired) electrons. The molecular formula is C19H22N4O3S. The summed E-state index contributed by atoms with van der Waals surface area (Å²) in [6.45, 7) is 3.35. The minimum absolute atomic E-state index is 0.0577. The van der Waals surface area contributed by atoms with Crippen molar-refractivity contribution in [2.45, 2.75) is 50.1 Å². The van der Waals surface area contributed by atoms with E-state index < -0.39 is 10.0 Å². The lowest BCUT2D eigenvalue weighted by atomic mass is 9.99. The van der Waals surface area contributed by atoms with Crippen LogP contribution in [0.5, 0.6) is 0 Å². The number of hydrogen-bond acceptors (Lipinski definition) is 5. The molecular weight excluding hydrogens is 364 g/mol. The average molecular weight is 386 g/mol. The van der Waals surface area contributed by atoms with Crippen LogP contribution in [-0.2, 0) is 21.2 Å². The normalized spacial score (nSPS) is 21.2. The number of aromatic nitrogens is 2. The second kappa shape index (κ2) is 6.69. The fourth-order valence-corrected chi connectivity index (χ4v) is 5.43. The number of hydrogen-bond donors (Lipinski definition) is 1. The van der Waals surface area contributed by atoms with Crippen molar-refractivity contribution in [3.05, 3.63) is 53.1 Å². The van der Waals surface area contributed by atoms with Gasteiger partial charge in [-0.05, 0) is 43.9 Å². The van der Waals surface area contributed by atoms with E-state index in [4.69, 9.17) is 0 Å². The predicted molar refractivity (Wildman–Crippen MR) is 99.4 cm³/mol. The van der Waals surface area contributed by atoms with E-state index in [2.05, 4.69) is 14.7 Å². The van der Waals surface area contributed by atoms with Gasteiger partial charge in [-0.1, -0.05) is 12.1 Å². The highest BCUT2D eigenvalue weighted by atomic mass is 32.2. The SMILES string of the molecule is Cc1ccc(C)c(S(=O)(=O)NCC(=O)N2C3CCC2c2cncnc2C3)c1. The molecule has 2 atom stereocenters. The van der Waals surface area contributed by atoms with Gasteiger partial charge in [-0.25, -0.2) is 23.1 Å². The molecule has 4 rings (SSSR count). The summed E-state index contributed by atoms with van der Waals surface area (Å²) in [4.78, 5) is 23.3. The van der Waals surface area contributed by atoms with Crippen molar-refractivity contribution in [1.82, 2.24) is 19.6 Å². The quantitative estimate of drug-likeness (QED) is 0.863. The number of carbonyl (C=O) groups excluding carboxylic acids is 1. The van der Waals surface area contributed by atoms with Gasteiger partial charge in [-0.2, -0.15) is 0 Å². The molecule has 2 aliphatic heterocycles. The number of amides is 1. The fourth-order valence-electron chi connectivity index (χ4n) is 4.13. The highest BCUT2D eigenvalue weighted by molar-refractivity contribution is 7.89. The average Bonchev–Trinajstić information content (AvgIpc) is 2.96. The molecule has 1 aromatic heterocycles. The highest BCUT2D eigenvalue weighted by Crippen LogP contribution is 2.42. The van der Waals surface area contributed by atoms with Crippen molar-refractivity contribution in [3.8, 4) is 0 Å². The molecule has 8 heteroatoms. The summed E-state index contributed by atoms with van der Waals surface area (Å²) in [6.07, 6.45) is 5.77. The number of carbonyl (C=O) groups is 1. The van der Waals surface area contributed by atoms with Crippen LogP contribution in [0.4, 0.5) is 0 Å². The molecule has 1 amide bonds. The van der Waals surface area contributed by atoms with Crippen molar-refractivity contribution >= 4 is 15.9 Å². The molecule has 0 saturated carbocycles. The van der Waals surface area contributed by atoms with Gasteiger partial charge in [0.1, 0.15) is 6.33 Å². The maximum absolute atomic E-state index is 12.9. The van der Waals surface area contributed by atoms with Crippen LogP contribution < -0.4 is 4.72 Å². The van der Waals surface area contributed by atoms with E-state index in [-0.39, 0.29) is 29.4 Å². The number of sulfonamides is 1. The third-order valence-electron chi connectivity index (χ3n) is 5.45. The van der Waals surface area contributed by atoms with Crippen LogP contribution in [0.3, 0.4) is 0 Å². The predicted octanol–water partition coefficient (Wildman–Crippen LogP) is 1.66. The number of nitrogens with zero attached hydrogens (tertiary/aromatic N) is 3. The van der Waals surface area contributed by atoms with E-state index in [1.54, 1.807) is 25.3 Å². The van der Waals surface area contributed by atoms with Gasteiger partial charge in [0, 0.05) is 24.2 Å². The van der Waals surface area contributed by atoms with Crippen molar-refractivity contribution in [2.75, 3.05) is 6.54 Å². The Labute approximate surface area is 158 Å². The molecule has 0 spiro atoms. The number of rotatable bonds is 4. The van der Waals surface area contributed by atoms with E-state index in [1.807, 2.05) is 17.9 Å². The Morgan fingerprint density at radius 3 is 2.93 bits per heavy atom. The molecule has 3 heterocycles. The van der Waals surface area contributed by atoms with Crippen LogP contribution >= 0.6 is 0 Å². The first kappa shape index (κ1) is 18.1. The lowest BCUT2D eigenvalue weighted by Gasteiger charge is -2.35. The van der Waals surface area contributed by atoms with E-state index in [0.29, 0.717) is 12.0 Å². The zero-order chi connectivity index (χ0) is 19.2. The monoisotopic (exact) mass is 386 g/mol. The van der Waals surface area contributed by atoms with Crippen molar-refractivity contribution in [3.63, 3.8) is 0 Å². The largest absolute Gasteiger partial charge is 0.331 e. The molecule has 142 valence electrons. The maximum Gasteiger partial charge on any atom is 0.241 e. The zero-order valence-electron chi connectivity index (χ0n) is 15.3. The minimum atomic E-state index is -3.74. The van der Waals surface area contributed by atoms with E-state index in [9.17, 15) is 13.2 Å². The Bertz CT molecular complexity index is 1010. The molecule has 2 aliphatic rings. The van der Waals surface area contributed by atoms with Crippen molar-refractivity contribution < 1.29 is 13.2 Å². The minimum Gasteiger partial charge on any atom is -0.331 e. The van der Waals surface area contributed by atoms with Gasteiger partial charge in [0.25, 0.3) is 0 Å². The first-order chi connectivity index (χ1) is 12.9. The third-order valence-corrected chi connectivity index (χ3v) is 7.00. The first-order valence-electron chi connectivity index (χ1n) is 9.03. The Morgan fingerprint density at radius 2 is 2.11 bits per heavy atom. The van der Waals surface area contributed by atoms with Gasteiger partial charge < -0.3 is 4.90 Å². The Morgan fingerprint density at radius 1 is 1.30 bits per heavy atom. The molecule has 7 nitrogen and oxygen atoms in total. The summed E-state index contributed by atoms with van der Waals surface area (Å²) in [5, 5.41) is 0. The van der Waals surface area contributed by atoms with Gasteiger partial charge in [0.15, 0.2) is 0 Å². The molecule has 27 heavy (non-hydrogen) atoms. The topological polar surface area (TPSA) is 92.3 Å². The van der Waals surface area contributed by atoms with E-state index >= 15 is 0 Å². The molecule has 1 saturated heterocycles. The molecule has 2 bridgehead atoms. The van der Waals surface area contributed by atoms with Crippen LogP contribution in [0.1, 0.15) is 41.3 Å². The van der Waals surface area contributed by atoms with Crippen LogP contribution in [0.2, 0.25) is 0 Å². The van der Waals surface area contributed by atoms with Gasteiger partial charge in [0.05, 0.1) is 23.2 Å². The summed E-state index contributed by atoms with van der Waals surface area (Å²) in [5.41, 5.74) is 3.50. The van der Waals surface area contributed by atoms with E-state index in [0.717, 1.165) is 29.7 Å². The highest BCUT2D eigenvalue weighted by Gasteiger charge is 2.43. The molecule has 1 N–H and O–H groups in total. The number of aryl methyl sites for hydroxylation is 2.